The average Bonchev–Trinajstić information content (AvgIpc) is 2.86. The quantitative estimate of drug-likeness (QED) is 0.367. The first-order chi connectivity index (χ1) is 11.9. The molecule has 146 valence electrons. The highest BCUT2D eigenvalue weighted by Gasteiger charge is 2.22. The lowest BCUT2D eigenvalue weighted by atomic mass is 10.2. The average molecular weight is 407 g/mol. The van der Waals surface area contributed by atoms with Crippen molar-refractivity contribution >= 4 is 44.0 Å². The third-order valence-electron chi connectivity index (χ3n) is 2.40. The van der Waals surface area contributed by atoms with Gasteiger partial charge in [0.05, 0.1) is 5.75 Å². The van der Waals surface area contributed by atoms with Crippen LogP contribution in [0.1, 0.15) is 26.5 Å². The van der Waals surface area contributed by atoms with Crippen LogP contribution in [-0.4, -0.2) is 61.9 Å². The highest BCUT2D eigenvalue weighted by Crippen LogP contribution is 2.13. The number of ether oxygens (including phenoxy) is 2. The highest BCUT2D eigenvalue weighted by molar-refractivity contribution is 7.90. The van der Waals surface area contributed by atoms with Gasteiger partial charge in [0.2, 0.25) is 12.3 Å². The number of nitrogen functional groups attached to an aromatic ring is 1. The van der Waals surface area contributed by atoms with Gasteiger partial charge in [0.1, 0.15) is 17.9 Å². The highest BCUT2D eigenvalue weighted by atomic mass is 32.2. The maximum absolute atomic E-state index is 12.1. The van der Waals surface area contributed by atoms with E-state index in [2.05, 4.69) is 10.1 Å². The van der Waals surface area contributed by atoms with Crippen LogP contribution in [0.3, 0.4) is 0 Å². The number of sulfone groups is 1. The van der Waals surface area contributed by atoms with Gasteiger partial charge in [-0.15, -0.1) is 11.3 Å². The van der Waals surface area contributed by atoms with Crippen LogP contribution in [0.5, 0.6) is 0 Å². The second kappa shape index (κ2) is 8.94. The smallest absolute Gasteiger partial charge is 0.362 e. The van der Waals surface area contributed by atoms with Crippen molar-refractivity contribution in [3.8, 4) is 0 Å². The van der Waals surface area contributed by atoms with E-state index in [0.29, 0.717) is 0 Å². The molecule has 2 N–H and O–H groups in total. The number of aromatic nitrogens is 1. The van der Waals surface area contributed by atoms with Crippen LogP contribution in [-0.2, 0) is 33.7 Å². The Balaban J connectivity index is 2.79. The molecule has 0 saturated carbocycles. The Kier molecular flexibility index (Phi) is 7.51. The molecule has 0 amide bonds. The van der Waals surface area contributed by atoms with Gasteiger partial charge in [-0.05, 0) is 20.8 Å². The van der Waals surface area contributed by atoms with Crippen molar-refractivity contribution in [1.82, 2.24) is 4.98 Å². The zero-order valence-electron chi connectivity index (χ0n) is 14.8. The Morgan fingerprint density at radius 2 is 2.00 bits per heavy atom. The van der Waals surface area contributed by atoms with Gasteiger partial charge < -0.3 is 20.0 Å². The normalized spacial score (nSPS) is 12.5. The molecular weight excluding hydrogens is 386 g/mol. The van der Waals surface area contributed by atoms with Gasteiger partial charge >= 0.3 is 11.9 Å². The van der Waals surface area contributed by atoms with E-state index in [0.717, 1.165) is 17.6 Å². The number of oxime groups is 1. The molecule has 0 saturated heterocycles. The lowest BCUT2D eigenvalue weighted by molar-refractivity contribution is -0.160. The summed E-state index contributed by atoms with van der Waals surface area (Å²) in [7, 11) is -3.29. The lowest BCUT2D eigenvalue weighted by Gasteiger charge is -2.18. The number of hydrogen-bond acceptors (Lipinski definition) is 11. The minimum absolute atomic E-state index is 0.0843. The summed E-state index contributed by atoms with van der Waals surface area (Å²) >= 11 is 1.06. The molecule has 0 aliphatic rings. The predicted octanol–water partition coefficient (Wildman–Crippen LogP) is 0.376. The fourth-order valence-corrected chi connectivity index (χ4v) is 2.39. The van der Waals surface area contributed by atoms with Crippen LogP contribution in [0.15, 0.2) is 10.5 Å². The minimum atomic E-state index is -3.29. The minimum Gasteiger partial charge on any atom is -0.460 e. The van der Waals surface area contributed by atoms with Crippen molar-refractivity contribution in [2.24, 2.45) is 5.16 Å². The van der Waals surface area contributed by atoms with Crippen molar-refractivity contribution in [3.05, 3.63) is 11.1 Å². The molecule has 0 bridgehead atoms. The van der Waals surface area contributed by atoms with E-state index in [9.17, 15) is 18.0 Å². The zero-order chi connectivity index (χ0) is 20.0. The summed E-state index contributed by atoms with van der Waals surface area (Å²) < 4.78 is 32.1. The first-order valence-electron chi connectivity index (χ1n) is 7.35. The fourth-order valence-electron chi connectivity index (χ4n) is 1.46. The SMILES string of the molecule is CC(C)(C)OC(=O)CO/N=C(\C(=O)OCCS(C)(=O)=O)c1csc(N)n1. The molecule has 1 aromatic heterocycles. The van der Waals surface area contributed by atoms with Crippen molar-refractivity contribution in [3.63, 3.8) is 0 Å². The zero-order valence-corrected chi connectivity index (χ0v) is 16.5. The van der Waals surface area contributed by atoms with Gasteiger partial charge in [-0.25, -0.2) is 23.0 Å². The second-order valence-electron chi connectivity index (χ2n) is 6.14. The van der Waals surface area contributed by atoms with Crippen molar-refractivity contribution in [2.45, 2.75) is 26.4 Å². The van der Waals surface area contributed by atoms with Crippen LogP contribution >= 0.6 is 11.3 Å². The van der Waals surface area contributed by atoms with E-state index in [-0.39, 0.29) is 28.9 Å². The van der Waals surface area contributed by atoms with Crippen molar-refractivity contribution in [2.75, 3.05) is 31.0 Å². The molecule has 0 spiro atoms. The van der Waals surface area contributed by atoms with Crippen LogP contribution in [0.4, 0.5) is 5.13 Å². The molecule has 0 fully saturated rings. The molecule has 12 heteroatoms. The second-order valence-corrected chi connectivity index (χ2v) is 9.29. The maximum Gasteiger partial charge on any atom is 0.362 e. The number of hydrogen-bond donors (Lipinski definition) is 1. The van der Waals surface area contributed by atoms with Crippen molar-refractivity contribution < 1.29 is 32.3 Å². The van der Waals surface area contributed by atoms with E-state index in [4.69, 9.17) is 20.0 Å². The van der Waals surface area contributed by atoms with Gasteiger partial charge in [-0.2, -0.15) is 0 Å². The number of anilines is 1. The summed E-state index contributed by atoms with van der Waals surface area (Å²) in [4.78, 5) is 32.5. The molecule has 1 rings (SSSR count). The number of esters is 2. The summed E-state index contributed by atoms with van der Waals surface area (Å²) in [6.45, 7) is 4.18. The standard InChI is InChI=1S/C14H21N3O7S2/c1-14(2,3)24-10(18)7-23-17-11(9-8-25-13(15)16-9)12(19)22-5-6-26(4,20)21/h8H,5-7H2,1-4H3,(H2,15,16)/b17-11-. The largest absolute Gasteiger partial charge is 0.460 e. The number of rotatable bonds is 8. The summed E-state index contributed by atoms with van der Waals surface area (Å²) in [5.74, 6) is -1.98. The van der Waals surface area contributed by atoms with Crippen LogP contribution in [0.25, 0.3) is 0 Å². The summed E-state index contributed by atoms with van der Waals surface area (Å²) in [5.41, 5.74) is 4.58. The molecule has 1 heterocycles. The predicted molar refractivity (Wildman–Crippen MR) is 95.5 cm³/mol. The molecule has 0 radical (unpaired) electrons. The van der Waals surface area contributed by atoms with Crippen LogP contribution < -0.4 is 5.73 Å². The van der Waals surface area contributed by atoms with Gasteiger partial charge in [-0.1, -0.05) is 5.16 Å². The Labute approximate surface area is 155 Å². The molecule has 26 heavy (non-hydrogen) atoms. The van der Waals surface area contributed by atoms with E-state index in [1.54, 1.807) is 20.8 Å². The molecule has 0 aliphatic heterocycles. The lowest BCUT2D eigenvalue weighted by Crippen LogP contribution is -2.27. The van der Waals surface area contributed by atoms with Gasteiger partial charge in [-0.3, -0.25) is 0 Å². The molecule has 0 aliphatic carbocycles. The van der Waals surface area contributed by atoms with Crippen LogP contribution in [0.2, 0.25) is 0 Å². The van der Waals surface area contributed by atoms with E-state index >= 15 is 0 Å². The number of thiazole rings is 1. The Bertz CT molecular complexity index is 779. The third kappa shape index (κ3) is 8.76. The number of nitrogens with zero attached hydrogens (tertiary/aromatic N) is 2. The molecular formula is C14H21N3O7S2. The van der Waals surface area contributed by atoms with Crippen LogP contribution in [0, 0.1) is 0 Å². The Hall–Kier alpha value is -2.21. The number of carbonyl (C=O) groups excluding carboxylic acids is 2. The van der Waals surface area contributed by atoms with Gasteiger partial charge in [0.25, 0.3) is 0 Å². The first-order valence-corrected chi connectivity index (χ1v) is 10.3. The summed E-state index contributed by atoms with van der Waals surface area (Å²) in [6.07, 6.45) is 1.01. The van der Waals surface area contributed by atoms with E-state index in [1.165, 1.54) is 5.38 Å². The van der Waals surface area contributed by atoms with Gasteiger partial charge in [0, 0.05) is 11.6 Å². The fraction of sp³-hybridized carbons (Fsp3) is 0.571. The molecule has 10 nitrogen and oxygen atoms in total. The van der Waals surface area contributed by atoms with E-state index < -0.39 is 34.0 Å². The molecule has 0 atom stereocenters. The van der Waals surface area contributed by atoms with Crippen molar-refractivity contribution in [1.29, 1.82) is 0 Å². The van der Waals surface area contributed by atoms with Gasteiger partial charge in [0.15, 0.2) is 15.0 Å². The topological polar surface area (TPSA) is 147 Å². The third-order valence-corrected chi connectivity index (χ3v) is 3.99. The summed E-state index contributed by atoms with van der Waals surface area (Å²) in [5, 5.41) is 5.20. The monoisotopic (exact) mass is 407 g/mol. The maximum atomic E-state index is 12.1. The molecule has 0 unspecified atom stereocenters. The number of carbonyl (C=O) groups is 2. The Morgan fingerprint density at radius 3 is 2.50 bits per heavy atom. The molecule has 0 aromatic carbocycles. The Morgan fingerprint density at radius 1 is 1.35 bits per heavy atom. The number of nitrogens with two attached hydrogens (primary N) is 1. The first kappa shape index (κ1) is 21.8. The van der Waals surface area contributed by atoms with E-state index in [1.807, 2.05) is 0 Å². The summed E-state index contributed by atoms with van der Waals surface area (Å²) in [6, 6.07) is 0. The molecule has 1 aromatic rings.